The Labute approximate surface area is 124 Å². The molecule has 4 nitrogen and oxygen atoms in total. The number of nitrogens with two attached hydrogens (primary N) is 1. The molecule has 0 spiro atoms. The summed E-state index contributed by atoms with van der Waals surface area (Å²) in [4.78, 5) is 4.51. The fraction of sp³-hybridized carbons (Fsp3) is 0.412. The highest BCUT2D eigenvalue weighted by molar-refractivity contribution is 5.85. The summed E-state index contributed by atoms with van der Waals surface area (Å²) in [6, 6.07) is 11.6. The van der Waals surface area contributed by atoms with Crippen molar-refractivity contribution in [3.63, 3.8) is 0 Å². The summed E-state index contributed by atoms with van der Waals surface area (Å²) < 4.78 is 6.01. The van der Waals surface area contributed by atoms with E-state index in [9.17, 15) is 5.26 Å². The number of pyridine rings is 1. The van der Waals surface area contributed by atoms with Crippen molar-refractivity contribution in [3.8, 4) is 11.9 Å². The second-order valence-electron chi connectivity index (χ2n) is 5.60. The maximum Gasteiger partial charge on any atom is 0.215 e. The molecule has 0 saturated heterocycles. The molecule has 4 heteroatoms. The van der Waals surface area contributed by atoms with Gasteiger partial charge in [0.1, 0.15) is 12.2 Å². The second-order valence-corrected chi connectivity index (χ2v) is 5.60. The van der Waals surface area contributed by atoms with Gasteiger partial charge in [0.2, 0.25) is 5.88 Å². The average Bonchev–Trinajstić information content (AvgIpc) is 2.71. The summed E-state index contributed by atoms with van der Waals surface area (Å²) in [6.07, 6.45) is 5.45. The Balaban J connectivity index is 1.91. The molecular weight excluding hydrogens is 262 g/mol. The van der Waals surface area contributed by atoms with Crippen LogP contribution in [0.25, 0.3) is 10.9 Å². The lowest BCUT2D eigenvalue weighted by molar-refractivity contribution is 0.156. The Bertz CT molecular complexity index is 677. The van der Waals surface area contributed by atoms with Gasteiger partial charge in [0, 0.05) is 17.5 Å². The van der Waals surface area contributed by atoms with Crippen molar-refractivity contribution in [2.75, 3.05) is 0 Å². The number of aromatic nitrogens is 1. The summed E-state index contributed by atoms with van der Waals surface area (Å²) in [5.74, 6) is 0.507. The standard InChI is InChI=1S/C17H19N3O/c18-11-12-10-17(20-15-8-5-4-6-13(12)15)21-16-9-3-1-2-7-14(16)19/h4-6,8,10,14,16H,1-3,7,9,19H2. The van der Waals surface area contributed by atoms with Gasteiger partial charge < -0.3 is 10.5 Å². The topological polar surface area (TPSA) is 71.9 Å². The van der Waals surface area contributed by atoms with E-state index in [1.165, 1.54) is 6.42 Å². The minimum absolute atomic E-state index is 0.00675. The number of hydrogen-bond acceptors (Lipinski definition) is 4. The van der Waals surface area contributed by atoms with E-state index >= 15 is 0 Å². The molecule has 2 unspecified atom stereocenters. The van der Waals surface area contributed by atoms with Gasteiger partial charge in [0.25, 0.3) is 0 Å². The van der Waals surface area contributed by atoms with Crippen molar-refractivity contribution in [1.29, 1.82) is 5.26 Å². The highest BCUT2D eigenvalue weighted by Crippen LogP contribution is 2.25. The van der Waals surface area contributed by atoms with Crippen LogP contribution < -0.4 is 10.5 Å². The van der Waals surface area contributed by atoms with Crippen LogP contribution in [0, 0.1) is 11.3 Å². The monoisotopic (exact) mass is 281 g/mol. The third-order valence-corrected chi connectivity index (χ3v) is 4.09. The summed E-state index contributed by atoms with van der Waals surface area (Å²) in [6.45, 7) is 0. The Morgan fingerprint density at radius 1 is 1.19 bits per heavy atom. The Morgan fingerprint density at radius 3 is 2.86 bits per heavy atom. The van der Waals surface area contributed by atoms with Crippen LogP contribution >= 0.6 is 0 Å². The highest BCUT2D eigenvalue weighted by atomic mass is 16.5. The number of ether oxygens (including phenoxy) is 1. The summed E-state index contributed by atoms with van der Waals surface area (Å²) >= 11 is 0. The van der Waals surface area contributed by atoms with Crippen LogP contribution in [0.1, 0.15) is 37.7 Å². The van der Waals surface area contributed by atoms with E-state index in [1.807, 2.05) is 24.3 Å². The van der Waals surface area contributed by atoms with Gasteiger partial charge in [-0.05, 0) is 25.3 Å². The van der Waals surface area contributed by atoms with Crippen molar-refractivity contribution >= 4 is 10.9 Å². The van der Waals surface area contributed by atoms with Gasteiger partial charge in [-0.25, -0.2) is 4.98 Å². The number of rotatable bonds is 2. The molecule has 1 saturated carbocycles. The molecule has 0 radical (unpaired) electrons. The molecule has 1 aliphatic carbocycles. The van der Waals surface area contributed by atoms with E-state index in [-0.39, 0.29) is 12.1 Å². The van der Waals surface area contributed by atoms with E-state index in [0.717, 1.165) is 36.6 Å². The maximum atomic E-state index is 9.30. The average molecular weight is 281 g/mol. The fourth-order valence-corrected chi connectivity index (χ4v) is 2.91. The fourth-order valence-electron chi connectivity index (χ4n) is 2.91. The molecular formula is C17H19N3O. The first-order valence-corrected chi connectivity index (χ1v) is 7.50. The van der Waals surface area contributed by atoms with E-state index in [2.05, 4.69) is 11.1 Å². The normalized spacial score (nSPS) is 22.5. The summed E-state index contributed by atoms with van der Waals surface area (Å²) in [5.41, 5.74) is 7.57. The first-order valence-electron chi connectivity index (χ1n) is 7.50. The predicted octanol–water partition coefficient (Wildman–Crippen LogP) is 3.15. The van der Waals surface area contributed by atoms with Gasteiger partial charge in [-0.3, -0.25) is 0 Å². The van der Waals surface area contributed by atoms with Crippen LogP contribution in [-0.4, -0.2) is 17.1 Å². The van der Waals surface area contributed by atoms with Crippen molar-refractivity contribution in [2.24, 2.45) is 5.73 Å². The lowest BCUT2D eigenvalue weighted by atomic mass is 10.1. The zero-order chi connectivity index (χ0) is 14.7. The van der Waals surface area contributed by atoms with Crippen molar-refractivity contribution < 1.29 is 4.74 Å². The Hall–Kier alpha value is -2.12. The lowest BCUT2D eigenvalue weighted by Gasteiger charge is -2.22. The van der Waals surface area contributed by atoms with Crippen LogP contribution in [0.15, 0.2) is 30.3 Å². The molecule has 108 valence electrons. The molecule has 21 heavy (non-hydrogen) atoms. The van der Waals surface area contributed by atoms with Crippen molar-refractivity contribution in [2.45, 2.75) is 44.2 Å². The van der Waals surface area contributed by atoms with Gasteiger partial charge in [-0.1, -0.05) is 31.0 Å². The number of nitrogens with zero attached hydrogens (tertiary/aromatic N) is 2. The minimum Gasteiger partial charge on any atom is -0.473 e. The van der Waals surface area contributed by atoms with E-state index in [1.54, 1.807) is 6.07 Å². The van der Waals surface area contributed by atoms with Crippen LogP contribution in [0.3, 0.4) is 0 Å². The smallest absolute Gasteiger partial charge is 0.215 e. The third-order valence-electron chi connectivity index (χ3n) is 4.09. The van der Waals surface area contributed by atoms with Crippen LogP contribution in [0.4, 0.5) is 0 Å². The first kappa shape index (κ1) is 13.8. The van der Waals surface area contributed by atoms with Gasteiger partial charge >= 0.3 is 0 Å². The minimum atomic E-state index is -0.00675. The lowest BCUT2D eigenvalue weighted by Crippen LogP contribution is -2.38. The van der Waals surface area contributed by atoms with Crippen LogP contribution in [-0.2, 0) is 0 Å². The van der Waals surface area contributed by atoms with Crippen molar-refractivity contribution in [3.05, 3.63) is 35.9 Å². The summed E-state index contributed by atoms with van der Waals surface area (Å²) in [7, 11) is 0. The molecule has 1 aromatic heterocycles. The molecule has 0 amide bonds. The maximum absolute atomic E-state index is 9.30. The zero-order valence-electron chi connectivity index (χ0n) is 12.0. The molecule has 2 aromatic rings. The molecule has 3 rings (SSSR count). The van der Waals surface area contributed by atoms with E-state index in [0.29, 0.717) is 11.4 Å². The molecule has 2 N–H and O–H groups in total. The Kier molecular flexibility index (Phi) is 4.03. The number of fused-ring (bicyclic) bond motifs is 1. The highest BCUT2D eigenvalue weighted by Gasteiger charge is 2.22. The molecule has 0 bridgehead atoms. The number of para-hydroxylation sites is 1. The van der Waals surface area contributed by atoms with Gasteiger partial charge in [0.15, 0.2) is 0 Å². The third kappa shape index (κ3) is 2.98. The molecule has 1 aromatic carbocycles. The van der Waals surface area contributed by atoms with Crippen LogP contribution in [0.5, 0.6) is 5.88 Å². The second kappa shape index (κ2) is 6.11. The Morgan fingerprint density at radius 2 is 2.00 bits per heavy atom. The molecule has 1 heterocycles. The summed E-state index contributed by atoms with van der Waals surface area (Å²) in [5, 5.41) is 10.2. The van der Waals surface area contributed by atoms with Crippen LogP contribution in [0.2, 0.25) is 0 Å². The molecule has 0 aliphatic heterocycles. The number of benzene rings is 1. The first-order chi connectivity index (χ1) is 10.3. The molecule has 2 atom stereocenters. The van der Waals surface area contributed by atoms with Gasteiger partial charge in [-0.15, -0.1) is 0 Å². The molecule has 1 aliphatic rings. The van der Waals surface area contributed by atoms with E-state index in [4.69, 9.17) is 10.5 Å². The SMILES string of the molecule is N#Cc1cc(OC2CCCCCC2N)nc2ccccc12. The number of nitriles is 1. The zero-order valence-corrected chi connectivity index (χ0v) is 12.0. The predicted molar refractivity (Wildman–Crippen MR) is 81.9 cm³/mol. The van der Waals surface area contributed by atoms with Gasteiger partial charge in [-0.2, -0.15) is 5.26 Å². The quantitative estimate of drug-likeness (QED) is 0.858. The number of hydrogen-bond donors (Lipinski definition) is 1. The van der Waals surface area contributed by atoms with E-state index < -0.39 is 0 Å². The van der Waals surface area contributed by atoms with Crippen molar-refractivity contribution in [1.82, 2.24) is 4.98 Å². The largest absolute Gasteiger partial charge is 0.473 e. The molecule has 1 fully saturated rings. The van der Waals surface area contributed by atoms with Gasteiger partial charge in [0.05, 0.1) is 11.1 Å².